The third-order valence-electron chi connectivity index (χ3n) is 3.92. The van der Waals surface area contributed by atoms with E-state index in [0.29, 0.717) is 17.9 Å². The number of hydrogen-bond acceptors (Lipinski definition) is 5. The number of fused-ring (bicyclic) bond motifs is 1. The second-order valence-electron chi connectivity index (χ2n) is 5.58. The minimum absolute atomic E-state index is 0.0488. The van der Waals surface area contributed by atoms with E-state index in [9.17, 15) is 4.79 Å². The minimum Gasteiger partial charge on any atom is -0.384 e. The number of aromatic nitrogens is 3. The first-order valence-corrected chi connectivity index (χ1v) is 7.52. The van der Waals surface area contributed by atoms with Gasteiger partial charge in [-0.05, 0) is 31.5 Å². The van der Waals surface area contributed by atoms with Gasteiger partial charge in [0.1, 0.15) is 11.5 Å². The Morgan fingerprint density at radius 3 is 2.57 bits per heavy atom. The van der Waals surface area contributed by atoms with Crippen LogP contribution >= 0.6 is 0 Å². The number of nitrogens with two attached hydrogens (primary N) is 1. The molecule has 0 aliphatic rings. The van der Waals surface area contributed by atoms with E-state index in [1.54, 1.807) is 18.5 Å². The number of anilines is 1. The number of ketones is 1. The Balaban J connectivity index is 2.14. The molecule has 23 heavy (non-hydrogen) atoms. The summed E-state index contributed by atoms with van der Waals surface area (Å²) in [6, 6.07) is 5.64. The van der Waals surface area contributed by atoms with Crippen molar-refractivity contribution in [3.05, 3.63) is 47.5 Å². The van der Waals surface area contributed by atoms with Crippen LogP contribution in [0.1, 0.15) is 35.1 Å². The number of aryl methyl sites for hydroxylation is 2. The lowest BCUT2D eigenvalue weighted by atomic mass is 9.99. The Morgan fingerprint density at radius 1 is 1.09 bits per heavy atom. The SMILES string of the molecule is CCC(=O)c1cc(C)c(-c2cc3cnc(N)cc3nc2C)cn1. The van der Waals surface area contributed by atoms with Gasteiger partial charge in [0.15, 0.2) is 5.78 Å². The quantitative estimate of drug-likeness (QED) is 0.749. The van der Waals surface area contributed by atoms with Gasteiger partial charge in [-0.2, -0.15) is 0 Å². The van der Waals surface area contributed by atoms with Crippen molar-refractivity contribution >= 4 is 22.5 Å². The summed E-state index contributed by atoms with van der Waals surface area (Å²) in [5, 5.41) is 0.924. The topological polar surface area (TPSA) is 81.8 Å². The molecule has 2 N–H and O–H groups in total. The molecule has 3 aromatic rings. The van der Waals surface area contributed by atoms with Crippen LogP contribution in [0.5, 0.6) is 0 Å². The molecule has 0 radical (unpaired) electrons. The molecule has 0 aromatic carbocycles. The van der Waals surface area contributed by atoms with Gasteiger partial charge in [-0.15, -0.1) is 0 Å². The zero-order valence-corrected chi connectivity index (χ0v) is 13.4. The molecule has 5 nitrogen and oxygen atoms in total. The smallest absolute Gasteiger partial charge is 0.180 e. The molecule has 0 aliphatic heterocycles. The maximum atomic E-state index is 11.8. The summed E-state index contributed by atoms with van der Waals surface area (Å²) in [4.78, 5) is 24.8. The first-order valence-electron chi connectivity index (χ1n) is 7.52. The summed E-state index contributed by atoms with van der Waals surface area (Å²) in [6.07, 6.45) is 3.92. The zero-order valence-electron chi connectivity index (χ0n) is 13.4. The number of carbonyl (C=O) groups is 1. The van der Waals surface area contributed by atoms with Crippen molar-refractivity contribution in [3.8, 4) is 11.1 Å². The molecule has 0 saturated heterocycles. The fourth-order valence-corrected chi connectivity index (χ4v) is 2.62. The Bertz CT molecular complexity index is 918. The molecular formula is C18H18N4O. The highest BCUT2D eigenvalue weighted by Crippen LogP contribution is 2.29. The number of Topliss-reactive ketones (excluding diaryl/α,β-unsaturated/α-hetero) is 1. The van der Waals surface area contributed by atoms with Gasteiger partial charge in [0, 0.05) is 47.1 Å². The van der Waals surface area contributed by atoms with Crippen LogP contribution in [-0.4, -0.2) is 20.7 Å². The number of nitrogen functional groups attached to an aromatic ring is 1. The van der Waals surface area contributed by atoms with Crippen molar-refractivity contribution in [1.82, 2.24) is 15.0 Å². The van der Waals surface area contributed by atoms with Crippen LogP contribution in [0.3, 0.4) is 0 Å². The second-order valence-corrected chi connectivity index (χ2v) is 5.58. The van der Waals surface area contributed by atoms with E-state index in [1.165, 1.54) is 0 Å². The molecule has 3 aromatic heterocycles. The van der Waals surface area contributed by atoms with Gasteiger partial charge < -0.3 is 5.73 Å². The maximum Gasteiger partial charge on any atom is 0.180 e. The standard InChI is InChI=1S/C18H18N4O/c1-4-17(23)16-5-10(2)14(9-20-16)13-6-12-8-21-18(19)7-15(12)22-11(13)3/h5-9H,4H2,1-3H3,(H2,19,21). The molecule has 0 saturated carbocycles. The van der Waals surface area contributed by atoms with Crippen LogP contribution in [0.2, 0.25) is 0 Å². The van der Waals surface area contributed by atoms with Crippen LogP contribution < -0.4 is 5.73 Å². The average molecular weight is 306 g/mol. The Labute approximate surface area is 134 Å². The van der Waals surface area contributed by atoms with Crippen LogP contribution in [0.25, 0.3) is 22.0 Å². The highest BCUT2D eigenvalue weighted by Gasteiger charge is 2.12. The first kappa shape index (κ1) is 15.1. The maximum absolute atomic E-state index is 11.8. The summed E-state index contributed by atoms with van der Waals surface area (Å²) in [6.45, 7) is 5.77. The molecule has 0 unspecified atom stereocenters. The monoisotopic (exact) mass is 306 g/mol. The van der Waals surface area contributed by atoms with Crippen molar-refractivity contribution in [3.63, 3.8) is 0 Å². The molecule has 3 heterocycles. The summed E-state index contributed by atoms with van der Waals surface area (Å²) in [7, 11) is 0. The van der Waals surface area contributed by atoms with Crippen molar-refractivity contribution < 1.29 is 4.79 Å². The average Bonchev–Trinajstić information content (AvgIpc) is 2.53. The Morgan fingerprint density at radius 2 is 1.87 bits per heavy atom. The number of nitrogens with zero attached hydrogens (tertiary/aromatic N) is 3. The summed E-state index contributed by atoms with van der Waals surface area (Å²) < 4.78 is 0. The van der Waals surface area contributed by atoms with E-state index < -0.39 is 0 Å². The summed E-state index contributed by atoms with van der Waals surface area (Å²) in [5.74, 6) is 0.505. The molecular weight excluding hydrogens is 288 g/mol. The lowest BCUT2D eigenvalue weighted by Crippen LogP contribution is -2.02. The number of pyridine rings is 3. The predicted molar refractivity (Wildman–Crippen MR) is 91.3 cm³/mol. The molecule has 116 valence electrons. The van der Waals surface area contributed by atoms with E-state index in [1.807, 2.05) is 32.9 Å². The van der Waals surface area contributed by atoms with Gasteiger partial charge in [0.05, 0.1) is 5.52 Å². The van der Waals surface area contributed by atoms with Gasteiger partial charge in [-0.1, -0.05) is 6.92 Å². The van der Waals surface area contributed by atoms with E-state index in [0.717, 1.165) is 33.3 Å². The molecule has 0 amide bonds. The van der Waals surface area contributed by atoms with Gasteiger partial charge in [0.25, 0.3) is 0 Å². The lowest BCUT2D eigenvalue weighted by Gasteiger charge is -2.11. The summed E-state index contributed by atoms with van der Waals surface area (Å²) in [5.41, 5.74) is 10.9. The van der Waals surface area contributed by atoms with E-state index in [-0.39, 0.29) is 5.78 Å². The first-order chi connectivity index (χ1) is 11.0. The molecule has 0 bridgehead atoms. The molecule has 0 aliphatic carbocycles. The second kappa shape index (κ2) is 5.76. The number of hydrogen-bond donors (Lipinski definition) is 1. The van der Waals surface area contributed by atoms with Crippen LogP contribution in [0.15, 0.2) is 30.6 Å². The van der Waals surface area contributed by atoms with Crippen LogP contribution in [-0.2, 0) is 0 Å². The van der Waals surface area contributed by atoms with Gasteiger partial charge >= 0.3 is 0 Å². The van der Waals surface area contributed by atoms with Crippen LogP contribution in [0, 0.1) is 13.8 Å². The largest absolute Gasteiger partial charge is 0.384 e. The van der Waals surface area contributed by atoms with Gasteiger partial charge in [-0.25, -0.2) is 4.98 Å². The normalized spacial score (nSPS) is 10.9. The van der Waals surface area contributed by atoms with Crippen molar-refractivity contribution in [1.29, 1.82) is 0 Å². The van der Waals surface area contributed by atoms with Gasteiger partial charge in [-0.3, -0.25) is 14.8 Å². The lowest BCUT2D eigenvalue weighted by molar-refractivity contribution is 0.0983. The minimum atomic E-state index is 0.0488. The summed E-state index contributed by atoms with van der Waals surface area (Å²) >= 11 is 0. The molecule has 0 atom stereocenters. The van der Waals surface area contributed by atoms with E-state index in [4.69, 9.17) is 5.73 Å². The molecule has 0 fully saturated rings. The Hall–Kier alpha value is -2.82. The van der Waals surface area contributed by atoms with Crippen molar-refractivity contribution in [2.45, 2.75) is 27.2 Å². The third kappa shape index (κ3) is 2.77. The van der Waals surface area contributed by atoms with Crippen molar-refractivity contribution in [2.75, 3.05) is 5.73 Å². The fraction of sp³-hybridized carbons (Fsp3) is 0.222. The van der Waals surface area contributed by atoms with Gasteiger partial charge in [0.2, 0.25) is 0 Å². The van der Waals surface area contributed by atoms with Crippen molar-refractivity contribution in [2.24, 2.45) is 0 Å². The number of rotatable bonds is 3. The highest BCUT2D eigenvalue weighted by atomic mass is 16.1. The molecule has 3 rings (SSSR count). The Kier molecular flexibility index (Phi) is 3.78. The molecule has 0 spiro atoms. The fourth-order valence-electron chi connectivity index (χ4n) is 2.62. The van der Waals surface area contributed by atoms with Crippen LogP contribution in [0.4, 0.5) is 5.82 Å². The van der Waals surface area contributed by atoms with E-state index >= 15 is 0 Å². The molecule has 5 heteroatoms. The van der Waals surface area contributed by atoms with E-state index in [2.05, 4.69) is 15.0 Å². The third-order valence-corrected chi connectivity index (χ3v) is 3.92. The highest BCUT2D eigenvalue weighted by molar-refractivity contribution is 5.95. The number of carbonyl (C=O) groups excluding carboxylic acids is 1. The predicted octanol–water partition coefficient (Wildman–Crippen LogP) is 3.48. The zero-order chi connectivity index (χ0) is 16.6.